The van der Waals surface area contributed by atoms with Crippen LogP contribution in [0.4, 0.5) is 20.5 Å². The summed E-state index contributed by atoms with van der Waals surface area (Å²) in [7, 11) is 2.24. The van der Waals surface area contributed by atoms with Crippen LogP contribution in [0.25, 0.3) is 16.6 Å². The molecule has 0 unspecified atom stereocenters. The number of hydrogen-bond acceptors (Lipinski definition) is 5. The number of halogens is 2. The van der Waals surface area contributed by atoms with Crippen LogP contribution < -0.4 is 5.73 Å². The fourth-order valence-electron chi connectivity index (χ4n) is 4.58. The molecule has 1 aliphatic carbocycles. The zero-order valence-electron chi connectivity index (χ0n) is 26.1. The van der Waals surface area contributed by atoms with Crippen LogP contribution in [0.5, 0.6) is 0 Å². The number of alkyl halides is 2. The van der Waals surface area contributed by atoms with Gasteiger partial charge in [-0.15, -0.1) is 5.10 Å². The molecule has 1 aliphatic heterocycles. The Kier molecular flexibility index (Phi) is 13.0. The average Bonchev–Trinajstić information content (AvgIpc) is 3.56. The van der Waals surface area contributed by atoms with Crippen molar-refractivity contribution in [1.82, 2.24) is 19.6 Å². The van der Waals surface area contributed by atoms with Gasteiger partial charge in [-0.3, -0.25) is 0 Å². The van der Waals surface area contributed by atoms with E-state index in [4.69, 9.17) is 5.73 Å². The summed E-state index contributed by atoms with van der Waals surface area (Å²) < 4.78 is 24.3. The summed E-state index contributed by atoms with van der Waals surface area (Å²) in [4.78, 5) is 12.9. The van der Waals surface area contributed by atoms with Gasteiger partial charge in [0.1, 0.15) is 0 Å². The lowest BCUT2D eigenvalue weighted by atomic mass is 9.69. The van der Waals surface area contributed by atoms with Crippen molar-refractivity contribution in [2.75, 3.05) is 25.9 Å². The number of aliphatic imine (C=N–C) groups is 1. The third-order valence-electron chi connectivity index (χ3n) is 7.88. The Hall–Kier alpha value is -3.20. The maximum absolute atomic E-state index is 10.8. The molecule has 7 nitrogen and oxygen atoms in total. The number of rotatable bonds is 5. The molecule has 0 spiro atoms. The van der Waals surface area contributed by atoms with Crippen molar-refractivity contribution < 1.29 is 13.3 Å². The van der Waals surface area contributed by atoms with Crippen LogP contribution in [0.1, 0.15) is 85.1 Å². The van der Waals surface area contributed by atoms with E-state index in [0.29, 0.717) is 0 Å². The van der Waals surface area contributed by atoms with Gasteiger partial charge in [-0.05, 0) is 63.3 Å². The number of nitrogen functional groups attached to an aromatic ring is 1. The Morgan fingerprint density at radius 1 is 1.17 bits per heavy atom. The summed E-state index contributed by atoms with van der Waals surface area (Å²) in [6.45, 7) is 18.4. The second-order valence-corrected chi connectivity index (χ2v) is 11.7. The van der Waals surface area contributed by atoms with Crippen LogP contribution in [-0.4, -0.2) is 56.3 Å². The van der Waals surface area contributed by atoms with Gasteiger partial charge in [0.05, 0.1) is 38.1 Å². The van der Waals surface area contributed by atoms with Crippen LogP contribution in [-0.2, 0) is 0 Å². The number of nitrogens with two attached hydrogens (primary N) is 1. The molecule has 5 rings (SSSR count). The van der Waals surface area contributed by atoms with Gasteiger partial charge in [-0.25, -0.2) is 28.3 Å². The summed E-state index contributed by atoms with van der Waals surface area (Å²) in [5.74, 6) is 1.00. The number of aromatic nitrogens is 4. The Morgan fingerprint density at radius 3 is 2.22 bits per heavy atom. The van der Waals surface area contributed by atoms with Gasteiger partial charge in [0.2, 0.25) is 12.4 Å². The monoisotopic (exact) mass is 570 g/mol. The van der Waals surface area contributed by atoms with Gasteiger partial charge in [-0.1, -0.05) is 33.6 Å². The van der Waals surface area contributed by atoms with Crippen molar-refractivity contribution in [3.63, 3.8) is 0 Å². The Morgan fingerprint density at radius 2 is 1.80 bits per heavy atom. The van der Waals surface area contributed by atoms with Gasteiger partial charge in [0.15, 0.2) is 5.82 Å². The molecule has 2 fully saturated rings. The molecule has 0 aromatic carbocycles. The molecule has 1 saturated carbocycles. The molecule has 1 saturated heterocycles. The lowest BCUT2D eigenvalue weighted by molar-refractivity contribution is -0.846. The number of pyridine rings is 1. The van der Waals surface area contributed by atoms with Gasteiger partial charge < -0.3 is 10.2 Å². The highest BCUT2D eigenvalue weighted by Gasteiger charge is 2.28. The van der Waals surface area contributed by atoms with Crippen LogP contribution in [0, 0.1) is 12.3 Å². The van der Waals surface area contributed by atoms with Crippen molar-refractivity contribution in [2.45, 2.75) is 92.9 Å². The predicted octanol–water partition coefficient (Wildman–Crippen LogP) is 8.41. The van der Waals surface area contributed by atoms with Crippen molar-refractivity contribution in [3.8, 4) is 11.1 Å². The maximum atomic E-state index is 10.8. The molecular weight excluding hydrogens is 520 g/mol. The first-order valence-corrected chi connectivity index (χ1v) is 14.7. The highest BCUT2D eigenvalue weighted by atomic mass is 19.3. The fourth-order valence-corrected chi connectivity index (χ4v) is 4.58. The van der Waals surface area contributed by atoms with E-state index in [1.165, 1.54) is 58.5 Å². The third kappa shape index (κ3) is 10.6. The lowest BCUT2D eigenvalue weighted by Crippen LogP contribution is -2.33. The van der Waals surface area contributed by atoms with E-state index in [1.54, 1.807) is 10.7 Å². The van der Waals surface area contributed by atoms with Gasteiger partial charge in [-0.2, -0.15) is 0 Å². The standard InChI is InChI=1S/C15H16N6.C7H14N.C7H14.C3H6F2/c1-9(2)19-14-10(3)6-11(7-17-14)12-4-5-21-13(12)8-18-15(16)20-21;1-3-8(2)6-4-5-7-8;1-3-7(2)5-4-6-7;1-2-3(4)5/h4-8H,1-3H3,(H2,16,20);3H,1,4-7H2,2H3;3-6H2,1-2H3;3H,2H2,1H3/q;+1;;. The third-order valence-corrected chi connectivity index (χ3v) is 7.88. The molecule has 0 bridgehead atoms. The zero-order valence-corrected chi connectivity index (χ0v) is 26.1. The van der Waals surface area contributed by atoms with Crippen molar-refractivity contribution in [3.05, 3.63) is 49.1 Å². The highest BCUT2D eigenvalue weighted by molar-refractivity contribution is 5.83. The average molecular weight is 571 g/mol. The number of aryl methyl sites for hydroxylation is 1. The molecule has 0 amide bonds. The minimum Gasteiger partial charge on any atom is -0.367 e. The van der Waals surface area contributed by atoms with Crippen LogP contribution in [0.3, 0.4) is 0 Å². The van der Waals surface area contributed by atoms with Crippen molar-refractivity contribution in [1.29, 1.82) is 0 Å². The molecular formula is C32H50F2N7+. The first-order chi connectivity index (χ1) is 19.3. The summed E-state index contributed by atoms with van der Waals surface area (Å²) in [5, 5.41) is 4.14. The highest BCUT2D eigenvalue weighted by Crippen LogP contribution is 2.42. The molecule has 2 aliphatic rings. The SMILES string of the molecule is C=C[N+]1(C)CCCC1.CC(C)=Nc1ncc(-c2ccn3nc(N)ncc23)cc1C.CCC(F)F.CCC1(C)CCC1. The molecule has 0 radical (unpaired) electrons. The largest absolute Gasteiger partial charge is 0.367 e. The minimum absolute atomic E-state index is 0.0278. The van der Waals surface area contributed by atoms with E-state index in [2.05, 4.69) is 53.6 Å². The Labute approximate surface area is 245 Å². The molecule has 3 aromatic heterocycles. The minimum atomic E-state index is -2.12. The van der Waals surface area contributed by atoms with E-state index in [-0.39, 0.29) is 12.4 Å². The van der Waals surface area contributed by atoms with Crippen LogP contribution in [0.15, 0.2) is 48.5 Å². The van der Waals surface area contributed by atoms with E-state index in [9.17, 15) is 8.78 Å². The second-order valence-electron chi connectivity index (χ2n) is 11.7. The smallest absolute Gasteiger partial charge is 0.238 e. The first kappa shape index (κ1) is 34.0. The lowest BCUT2D eigenvalue weighted by Gasteiger charge is -2.37. The van der Waals surface area contributed by atoms with Crippen molar-refractivity contribution in [2.24, 2.45) is 10.4 Å². The molecule has 9 heteroatoms. The number of hydrogen-bond donors (Lipinski definition) is 1. The van der Waals surface area contributed by atoms with E-state index in [0.717, 1.165) is 43.6 Å². The summed E-state index contributed by atoms with van der Waals surface area (Å²) in [5.41, 5.74) is 11.3. The zero-order chi connectivity index (χ0) is 30.6. The Balaban J connectivity index is 0.000000239. The number of quaternary nitrogens is 1. The normalized spacial score (nSPS) is 16.2. The van der Waals surface area contributed by atoms with Gasteiger partial charge >= 0.3 is 0 Å². The van der Waals surface area contributed by atoms with E-state index < -0.39 is 6.43 Å². The number of fused-ring (bicyclic) bond motifs is 1. The molecule has 4 heterocycles. The van der Waals surface area contributed by atoms with Crippen LogP contribution in [0.2, 0.25) is 0 Å². The number of likely N-dealkylation sites (tertiary alicyclic amines) is 1. The number of anilines is 1. The maximum Gasteiger partial charge on any atom is 0.238 e. The molecule has 0 atom stereocenters. The molecule has 3 aromatic rings. The van der Waals surface area contributed by atoms with E-state index >= 15 is 0 Å². The topological polar surface area (TPSA) is 81.5 Å². The fraction of sp³-hybridized carbons (Fsp3) is 0.562. The second kappa shape index (κ2) is 15.7. The molecule has 41 heavy (non-hydrogen) atoms. The van der Waals surface area contributed by atoms with Gasteiger partial charge in [0, 0.05) is 48.5 Å². The summed E-state index contributed by atoms with van der Waals surface area (Å²) in [6.07, 6.45) is 13.9. The molecule has 2 N–H and O–H groups in total. The first-order valence-electron chi connectivity index (χ1n) is 14.7. The quantitative estimate of drug-likeness (QED) is 0.247. The molecule has 226 valence electrons. The summed E-state index contributed by atoms with van der Waals surface area (Å²) >= 11 is 0. The number of nitrogens with zero attached hydrogens (tertiary/aromatic N) is 6. The Bertz CT molecular complexity index is 1260. The van der Waals surface area contributed by atoms with E-state index in [1.807, 2.05) is 45.4 Å². The summed E-state index contributed by atoms with van der Waals surface area (Å²) in [6, 6.07) is 4.05. The van der Waals surface area contributed by atoms with Gasteiger partial charge in [0.25, 0.3) is 0 Å². The van der Waals surface area contributed by atoms with Crippen LogP contribution >= 0.6 is 0 Å². The predicted molar refractivity (Wildman–Crippen MR) is 168 cm³/mol. The van der Waals surface area contributed by atoms with Crippen molar-refractivity contribution >= 4 is 23.0 Å².